The van der Waals surface area contributed by atoms with Crippen molar-refractivity contribution in [2.45, 2.75) is 18.1 Å². The largest absolute Gasteiger partial charge is 0.301 e. The normalized spacial score (nSPS) is 16.7. The van der Waals surface area contributed by atoms with Crippen LogP contribution in [0.15, 0.2) is 60.7 Å². The van der Waals surface area contributed by atoms with Crippen molar-refractivity contribution in [3.63, 3.8) is 0 Å². The maximum atomic E-state index is 12.8. The number of benzene rings is 2. The van der Waals surface area contributed by atoms with Gasteiger partial charge in [-0.2, -0.15) is 0 Å². The highest BCUT2D eigenvalue weighted by molar-refractivity contribution is 7.80. The predicted octanol–water partition coefficient (Wildman–Crippen LogP) is 3.55. The summed E-state index contributed by atoms with van der Waals surface area (Å²) in [5.74, 6) is 0. The van der Waals surface area contributed by atoms with Crippen molar-refractivity contribution in [2.75, 3.05) is 26.2 Å². The molecule has 0 radical (unpaired) electrons. The maximum Gasteiger partial charge on any atom is 0.167 e. The number of nitrogens with zero attached hydrogens (tertiary/aromatic N) is 1. The molecule has 23 heavy (non-hydrogen) atoms. The van der Waals surface area contributed by atoms with E-state index in [1.54, 1.807) is 0 Å². The van der Waals surface area contributed by atoms with Crippen molar-refractivity contribution >= 4 is 11.1 Å². The summed E-state index contributed by atoms with van der Waals surface area (Å²) in [5, 5.41) is -0.240. The minimum absolute atomic E-state index is 0.240. The fourth-order valence-electron chi connectivity index (χ4n) is 2.99. The molecule has 4 heteroatoms. The third-order valence-electron chi connectivity index (χ3n) is 4.20. The number of rotatable bonds is 7. The molecule has 122 valence electrons. The summed E-state index contributed by atoms with van der Waals surface area (Å²) in [5.41, 5.74) is 2.05. The van der Waals surface area contributed by atoms with Gasteiger partial charge in [0.05, 0.1) is 6.61 Å². The Morgan fingerprint density at radius 3 is 1.96 bits per heavy atom. The SMILES string of the molecule is O=[S@](OCCN1CCCC1)C(c1ccccc1)c1ccccc1. The molecule has 3 nitrogen and oxygen atoms in total. The quantitative estimate of drug-likeness (QED) is 0.778. The number of likely N-dealkylation sites (tertiary alicyclic amines) is 1. The minimum Gasteiger partial charge on any atom is -0.301 e. The second-order valence-corrected chi connectivity index (χ2v) is 7.06. The zero-order valence-corrected chi connectivity index (χ0v) is 14.1. The molecule has 2 aromatic rings. The average Bonchev–Trinajstić information content (AvgIpc) is 3.10. The molecule has 1 aliphatic heterocycles. The number of hydrogen-bond acceptors (Lipinski definition) is 3. The molecule has 1 heterocycles. The van der Waals surface area contributed by atoms with Crippen molar-refractivity contribution in [2.24, 2.45) is 0 Å². The van der Waals surface area contributed by atoms with Crippen LogP contribution in [0.4, 0.5) is 0 Å². The van der Waals surface area contributed by atoms with Crippen molar-refractivity contribution in [1.82, 2.24) is 4.90 Å². The Balaban J connectivity index is 1.69. The van der Waals surface area contributed by atoms with E-state index in [1.165, 1.54) is 12.8 Å². The smallest absolute Gasteiger partial charge is 0.167 e. The summed E-state index contributed by atoms with van der Waals surface area (Å²) in [6.07, 6.45) is 2.53. The van der Waals surface area contributed by atoms with Crippen LogP contribution in [-0.4, -0.2) is 35.3 Å². The van der Waals surface area contributed by atoms with E-state index in [9.17, 15) is 4.21 Å². The summed E-state index contributed by atoms with van der Waals surface area (Å²) >= 11 is -1.39. The summed E-state index contributed by atoms with van der Waals surface area (Å²) in [4.78, 5) is 2.37. The van der Waals surface area contributed by atoms with Gasteiger partial charge >= 0.3 is 0 Å². The molecule has 3 rings (SSSR count). The zero-order chi connectivity index (χ0) is 15.9. The molecule has 0 bridgehead atoms. The molecule has 1 atom stereocenters. The Labute approximate surface area is 140 Å². The minimum atomic E-state index is -1.39. The van der Waals surface area contributed by atoms with Crippen molar-refractivity contribution in [3.05, 3.63) is 71.8 Å². The van der Waals surface area contributed by atoms with Crippen LogP contribution in [0.1, 0.15) is 29.2 Å². The third kappa shape index (κ3) is 4.50. The Kier molecular flexibility index (Phi) is 5.97. The summed E-state index contributed by atoms with van der Waals surface area (Å²) < 4.78 is 18.5. The second kappa shape index (κ2) is 8.39. The fourth-order valence-corrected chi connectivity index (χ4v) is 4.13. The fraction of sp³-hybridized carbons (Fsp3) is 0.368. The Morgan fingerprint density at radius 2 is 1.43 bits per heavy atom. The van der Waals surface area contributed by atoms with Crippen molar-refractivity contribution in [1.29, 1.82) is 0 Å². The second-order valence-electron chi connectivity index (χ2n) is 5.83. The molecular weight excluding hydrogens is 306 g/mol. The number of hydrogen-bond donors (Lipinski definition) is 0. The third-order valence-corrected chi connectivity index (χ3v) is 5.53. The van der Waals surface area contributed by atoms with Crippen molar-refractivity contribution < 1.29 is 8.39 Å². The monoisotopic (exact) mass is 329 g/mol. The lowest BCUT2D eigenvalue weighted by molar-refractivity contribution is 0.251. The highest BCUT2D eigenvalue weighted by atomic mass is 32.2. The van der Waals surface area contributed by atoms with Crippen molar-refractivity contribution in [3.8, 4) is 0 Å². The Morgan fingerprint density at radius 1 is 0.913 bits per heavy atom. The predicted molar refractivity (Wildman–Crippen MR) is 94.5 cm³/mol. The lowest BCUT2D eigenvalue weighted by atomic mass is 10.0. The van der Waals surface area contributed by atoms with Crippen LogP contribution >= 0.6 is 0 Å². The van der Waals surface area contributed by atoms with Crippen LogP contribution in [0.2, 0.25) is 0 Å². The van der Waals surface area contributed by atoms with Gasteiger partial charge in [-0.3, -0.25) is 4.18 Å². The first-order valence-corrected chi connectivity index (χ1v) is 9.34. The zero-order valence-electron chi connectivity index (χ0n) is 13.3. The van der Waals surface area contributed by atoms with Crippen LogP contribution in [0, 0.1) is 0 Å². The van der Waals surface area contributed by atoms with E-state index in [0.717, 1.165) is 30.8 Å². The van der Waals surface area contributed by atoms with Gasteiger partial charge in [0.1, 0.15) is 5.25 Å². The highest BCUT2D eigenvalue weighted by Crippen LogP contribution is 2.28. The van der Waals surface area contributed by atoms with E-state index in [0.29, 0.717) is 6.61 Å². The molecule has 1 saturated heterocycles. The van der Waals surface area contributed by atoms with E-state index in [1.807, 2.05) is 60.7 Å². The molecule has 0 aromatic heterocycles. The highest BCUT2D eigenvalue weighted by Gasteiger charge is 2.22. The topological polar surface area (TPSA) is 29.5 Å². The molecule has 1 fully saturated rings. The van der Waals surface area contributed by atoms with Gasteiger partial charge in [0.2, 0.25) is 0 Å². The Bertz CT molecular complexity index is 572. The van der Waals surface area contributed by atoms with Gasteiger partial charge in [-0.15, -0.1) is 0 Å². The van der Waals surface area contributed by atoms with E-state index in [2.05, 4.69) is 4.90 Å². The van der Waals surface area contributed by atoms with Gasteiger partial charge in [0, 0.05) is 6.54 Å². The van der Waals surface area contributed by atoms with Gasteiger partial charge < -0.3 is 4.90 Å². The van der Waals surface area contributed by atoms with E-state index < -0.39 is 11.1 Å². The van der Waals surface area contributed by atoms with E-state index in [4.69, 9.17) is 4.18 Å². The van der Waals surface area contributed by atoms with Crippen LogP contribution in [0.5, 0.6) is 0 Å². The van der Waals surface area contributed by atoms with Gasteiger partial charge in [-0.05, 0) is 37.1 Å². The first-order valence-electron chi connectivity index (χ1n) is 8.21. The van der Waals surface area contributed by atoms with E-state index in [-0.39, 0.29) is 5.25 Å². The lowest BCUT2D eigenvalue weighted by Crippen LogP contribution is -2.25. The molecule has 0 saturated carbocycles. The molecule has 1 aliphatic rings. The van der Waals surface area contributed by atoms with Gasteiger partial charge in [0.15, 0.2) is 11.1 Å². The Hall–Kier alpha value is -1.49. The first kappa shape index (κ1) is 16.4. The van der Waals surface area contributed by atoms with Crippen LogP contribution in [0.3, 0.4) is 0 Å². The molecular formula is C19H23NO2S. The molecule has 0 aliphatic carbocycles. The lowest BCUT2D eigenvalue weighted by Gasteiger charge is -2.19. The molecule has 0 N–H and O–H groups in total. The molecule has 2 aromatic carbocycles. The van der Waals surface area contributed by atoms with Crippen LogP contribution in [0.25, 0.3) is 0 Å². The molecule has 0 spiro atoms. The van der Waals surface area contributed by atoms with Crippen LogP contribution in [-0.2, 0) is 15.3 Å². The maximum absolute atomic E-state index is 12.8. The standard InChI is InChI=1S/C19H23NO2S/c21-23(22-16-15-20-13-7-8-14-20)19(17-9-3-1-4-10-17)18-11-5-2-6-12-18/h1-6,9-12,19H,7-8,13-16H2/t23-/m1/s1. The first-order chi connectivity index (χ1) is 11.3. The molecule has 0 unspecified atom stereocenters. The summed E-state index contributed by atoms with van der Waals surface area (Å²) in [6, 6.07) is 19.9. The van der Waals surface area contributed by atoms with Crippen LogP contribution < -0.4 is 0 Å². The van der Waals surface area contributed by atoms with Gasteiger partial charge in [0.25, 0.3) is 0 Å². The van der Waals surface area contributed by atoms with Gasteiger partial charge in [-0.1, -0.05) is 60.7 Å². The van der Waals surface area contributed by atoms with Gasteiger partial charge in [-0.25, -0.2) is 4.21 Å². The molecule has 0 amide bonds. The van der Waals surface area contributed by atoms with E-state index >= 15 is 0 Å². The average molecular weight is 329 g/mol. The summed E-state index contributed by atoms with van der Waals surface area (Å²) in [7, 11) is 0. The summed E-state index contributed by atoms with van der Waals surface area (Å²) in [6.45, 7) is 3.65.